The molecule has 2 N–H and O–H groups in total. The van der Waals surface area contributed by atoms with Crippen LogP contribution in [0.25, 0.3) is 10.8 Å². The molecule has 0 saturated carbocycles. The summed E-state index contributed by atoms with van der Waals surface area (Å²) in [5.41, 5.74) is 0.621. The summed E-state index contributed by atoms with van der Waals surface area (Å²) in [5.74, 6) is 0. The first kappa shape index (κ1) is 14.8. The average Bonchev–Trinajstić information content (AvgIpc) is 2.48. The quantitative estimate of drug-likeness (QED) is 0.874. The molecule has 0 spiro atoms. The normalized spacial score (nSPS) is 19.6. The Morgan fingerprint density at radius 2 is 1.90 bits per heavy atom. The van der Waals surface area contributed by atoms with Crippen molar-refractivity contribution in [2.24, 2.45) is 0 Å². The molecule has 112 valence electrons. The minimum atomic E-state index is -3.33. The van der Waals surface area contributed by atoms with Crippen LogP contribution in [0, 0.1) is 0 Å². The van der Waals surface area contributed by atoms with Crippen molar-refractivity contribution >= 4 is 42.4 Å². The second kappa shape index (κ2) is 5.94. The highest BCUT2D eigenvalue weighted by atomic mass is 79.9. The number of hydrogen-bond acceptors (Lipinski definition) is 3. The molecule has 4 nitrogen and oxygen atoms in total. The highest BCUT2D eigenvalue weighted by molar-refractivity contribution is 9.10. The Kier molecular flexibility index (Phi) is 4.19. The molecule has 1 fully saturated rings. The molecule has 0 radical (unpaired) electrons. The smallest absolute Gasteiger partial charge is 0.236 e. The third-order valence-corrected chi connectivity index (χ3v) is 6.05. The Bertz CT molecular complexity index is 755. The number of hydrogen-bond donors (Lipinski definition) is 2. The van der Waals surface area contributed by atoms with Gasteiger partial charge in [0.1, 0.15) is 0 Å². The lowest BCUT2D eigenvalue weighted by atomic mass is 10.1. The zero-order valence-electron chi connectivity index (χ0n) is 11.5. The maximum Gasteiger partial charge on any atom is 0.236 e. The fraction of sp³-hybridized carbons (Fsp3) is 0.333. The molecule has 0 aliphatic carbocycles. The minimum Gasteiger partial charge on any atom is -0.315 e. The maximum atomic E-state index is 12.4. The second-order valence-electron chi connectivity index (χ2n) is 5.32. The number of sulfonamides is 1. The molecule has 6 heteroatoms. The molecule has 1 saturated heterocycles. The first-order valence-electron chi connectivity index (χ1n) is 6.96. The maximum absolute atomic E-state index is 12.4. The van der Waals surface area contributed by atoms with Crippen LogP contribution in [0.2, 0.25) is 0 Å². The fourth-order valence-electron chi connectivity index (χ4n) is 2.61. The Balaban J connectivity index is 1.85. The van der Waals surface area contributed by atoms with Crippen molar-refractivity contribution < 1.29 is 8.42 Å². The van der Waals surface area contributed by atoms with Gasteiger partial charge in [-0.2, -0.15) is 0 Å². The van der Waals surface area contributed by atoms with Crippen molar-refractivity contribution in [3.8, 4) is 0 Å². The lowest BCUT2D eigenvalue weighted by Crippen LogP contribution is -2.41. The van der Waals surface area contributed by atoms with Gasteiger partial charge in [0.25, 0.3) is 0 Å². The lowest BCUT2D eigenvalue weighted by molar-refractivity contribution is 0.499. The van der Waals surface area contributed by atoms with Gasteiger partial charge >= 0.3 is 0 Å². The zero-order valence-corrected chi connectivity index (χ0v) is 13.9. The van der Waals surface area contributed by atoms with E-state index < -0.39 is 10.0 Å². The fourth-order valence-corrected chi connectivity index (χ4v) is 4.43. The summed E-state index contributed by atoms with van der Waals surface area (Å²) in [6, 6.07) is 11.5. The van der Waals surface area contributed by atoms with Crippen LogP contribution in [0.15, 0.2) is 40.9 Å². The largest absolute Gasteiger partial charge is 0.315 e. The van der Waals surface area contributed by atoms with E-state index in [9.17, 15) is 8.42 Å². The number of benzene rings is 2. The third kappa shape index (κ3) is 3.39. The molecular formula is C15H17BrN2O2S. The van der Waals surface area contributed by atoms with E-state index in [0.29, 0.717) is 18.7 Å². The number of anilines is 1. The first-order valence-corrected chi connectivity index (χ1v) is 9.30. The number of halogens is 1. The summed E-state index contributed by atoms with van der Waals surface area (Å²) in [6.07, 6.45) is 1.61. The van der Waals surface area contributed by atoms with Gasteiger partial charge in [0.05, 0.1) is 5.25 Å². The standard InChI is InChI=1S/C15H17BrN2O2S/c16-13-5-3-12-9-14(6-4-11(12)8-13)18-21(19,20)15-2-1-7-17-10-15/h3-6,8-9,15,17-18H,1-2,7,10H2. The topological polar surface area (TPSA) is 58.2 Å². The van der Waals surface area contributed by atoms with Gasteiger partial charge in [-0.15, -0.1) is 0 Å². The van der Waals surface area contributed by atoms with E-state index in [2.05, 4.69) is 26.0 Å². The molecule has 0 aromatic heterocycles. The number of piperidine rings is 1. The summed E-state index contributed by atoms with van der Waals surface area (Å²) in [4.78, 5) is 0. The van der Waals surface area contributed by atoms with Gasteiger partial charge in [-0.1, -0.05) is 28.1 Å². The molecule has 3 rings (SSSR count). The van der Waals surface area contributed by atoms with Crippen LogP contribution in [0.5, 0.6) is 0 Å². The van der Waals surface area contributed by atoms with E-state index in [1.807, 2.05) is 36.4 Å². The van der Waals surface area contributed by atoms with E-state index in [1.165, 1.54) is 0 Å². The molecule has 1 heterocycles. The van der Waals surface area contributed by atoms with Gasteiger partial charge < -0.3 is 5.32 Å². The predicted molar refractivity (Wildman–Crippen MR) is 90.1 cm³/mol. The highest BCUT2D eigenvalue weighted by Crippen LogP contribution is 2.24. The van der Waals surface area contributed by atoms with Crippen molar-refractivity contribution in [2.75, 3.05) is 17.8 Å². The van der Waals surface area contributed by atoms with E-state index in [4.69, 9.17) is 0 Å². The van der Waals surface area contributed by atoms with Gasteiger partial charge in [0.15, 0.2) is 0 Å². The lowest BCUT2D eigenvalue weighted by Gasteiger charge is -2.23. The Morgan fingerprint density at radius 1 is 1.14 bits per heavy atom. The molecule has 2 aromatic rings. The van der Waals surface area contributed by atoms with E-state index in [0.717, 1.165) is 28.2 Å². The van der Waals surface area contributed by atoms with Crippen LogP contribution in [0.4, 0.5) is 5.69 Å². The van der Waals surface area contributed by atoms with Crippen molar-refractivity contribution in [1.29, 1.82) is 0 Å². The van der Waals surface area contributed by atoms with Crippen molar-refractivity contribution in [1.82, 2.24) is 5.32 Å². The van der Waals surface area contributed by atoms with Crippen molar-refractivity contribution in [2.45, 2.75) is 18.1 Å². The summed E-state index contributed by atoms with van der Waals surface area (Å²) < 4.78 is 28.5. The molecule has 2 aromatic carbocycles. The molecule has 0 amide bonds. The van der Waals surface area contributed by atoms with Crippen LogP contribution in [0.3, 0.4) is 0 Å². The SMILES string of the molecule is O=S(=O)(Nc1ccc2cc(Br)ccc2c1)C1CCCNC1. The molecule has 0 bridgehead atoms. The molecule has 1 aliphatic heterocycles. The Hall–Kier alpha value is -1.11. The number of nitrogens with one attached hydrogen (secondary N) is 2. The van der Waals surface area contributed by atoms with E-state index in [-0.39, 0.29) is 5.25 Å². The van der Waals surface area contributed by atoms with Crippen LogP contribution in [-0.4, -0.2) is 26.8 Å². The zero-order chi connectivity index (χ0) is 14.9. The van der Waals surface area contributed by atoms with Gasteiger partial charge in [-0.3, -0.25) is 4.72 Å². The Labute approximate surface area is 133 Å². The molecule has 1 unspecified atom stereocenters. The van der Waals surface area contributed by atoms with Crippen molar-refractivity contribution in [3.63, 3.8) is 0 Å². The number of rotatable bonds is 3. The van der Waals surface area contributed by atoms with Crippen LogP contribution >= 0.6 is 15.9 Å². The molecular weight excluding hydrogens is 352 g/mol. The summed E-state index contributed by atoms with van der Waals surface area (Å²) in [6.45, 7) is 1.42. The van der Waals surface area contributed by atoms with Gasteiger partial charge in [-0.05, 0) is 54.4 Å². The summed E-state index contributed by atoms with van der Waals surface area (Å²) >= 11 is 3.43. The first-order chi connectivity index (χ1) is 10.0. The second-order valence-corrected chi connectivity index (χ2v) is 8.20. The van der Waals surface area contributed by atoms with E-state index in [1.54, 1.807) is 0 Å². The van der Waals surface area contributed by atoms with Gasteiger partial charge in [-0.25, -0.2) is 8.42 Å². The summed E-state index contributed by atoms with van der Waals surface area (Å²) in [5, 5.41) is 4.87. The molecule has 21 heavy (non-hydrogen) atoms. The predicted octanol–water partition coefficient (Wildman–Crippen LogP) is 3.10. The third-order valence-electron chi connectivity index (χ3n) is 3.75. The van der Waals surface area contributed by atoms with E-state index >= 15 is 0 Å². The van der Waals surface area contributed by atoms with Crippen LogP contribution in [0.1, 0.15) is 12.8 Å². The average molecular weight is 369 g/mol. The summed E-state index contributed by atoms with van der Waals surface area (Å²) in [7, 11) is -3.33. The van der Waals surface area contributed by atoms with Crippen molar-refractivity contribution in [3.05, 3.63) is 40.9 Å². The van der Waals surface area contributed by atoms with Crippen LogP contribution < -0.4 is 10.0 Å². The van der Waals surface area contributed by atoms with Crippen LogP contribution in [-0.2, 0) is 10.0 Å². The molecule has 1 aliphatic rings. The van der Waals surface area contributed by atoms with Gasteiger partial charge in [0.2, 0.25) is 10.0 Å². The Morgan fingerprint density at radius 3 is 2.67 bits per heavy atom. The molecule has 1 atom stereocenters. The highest BCUT2D eigenvalue weighted by Gasteiger charge is 2.27. The minimum absolute atomic E-state index is 0.355. The number of fused-ring (bicyclic) bond motifs is 1. The van der Waals surface area contributed by atoms with Gasteiger partial charge in [0, 0.05) is 16.7 Å². The monoisotopic (exact) mass is 368 g/mol.